The van der Waals surface area contributed by atoms with Gasteiger partial charge in [-0.1, -0.05) is 30.3 Å². The molecule has 2 N–H and O–H groups in total. The number of hydrogen-bond donors (Lipinski definition) is 2. The van der Waals surface area contributed by atoms with E-state index in [1.807, 2.05) is 30.3 Å². The molecule has 0 bridgehead atoms. The first-order valence-electron chi connectivity index (χ1n) is 5.88. The van der Waals surface area contributed by atoms with Gasteiger partial charge >= 0.3 is 0 Å². The van der Waals surface area contributed by atoms with Crippen LogP contribution >= 0.6 is 0 Å². The van der Waals surface area contributed by atoms with Crippen molar-refractivity contribution in [2.75, 3.05) is 6.54 Å². The van der Waals surface area contributed by atoms with Crippen molar-refractivity contribution in [2.24, 2.45) is 0 Å². The lowest BCUT2D eigenvalue weighted by Crippen LogP contribution is -2.29. The second-order valence-corrected chi connectivity index (χ2v) is 3.91. The Balaban J connectivity index is 2.53. The Morgan fingerprint density at radius 2 is 1.89 bits per heavy atom. The Labute approximate surface area is 111 Å². The summed E-state index contributed by atoms with van der Waals surface area (Å²) in [6, 6.07) is 9.20. The van der Waals surface area contributed by atoms with Gasteiger partial charge in [0, 0.05) is 19.9 Å². The lowest BCUT2D eigenvalue weighted by molar-refractivity contribution is -0.121. The van der Waals surface area contributed by atoms with Crippen LogP contribution in [0.2, 0.25) is 0 Å². The van der Waals surface area contributed by atoms with Crippen LogP contribution in [-0.2, 0) is 14.4 Å². The molecule has 0 saturated heterocycles. The van der Waals surface area contributed by atoms with Crippen LogP contribution in [0.25, 0.3) is 6.08 Å². The van der Waals surface area contributed by atoms with Crippen LogP contribution in [0.1, 0.15) is 18.9 Å². The van der Waals surface area contributed by atoms with Gasteiger partial charge in [0.1, 0.15) is 0 Å². The number of rotatable bonds is 6. The van der Waals surface area contributed by atoms with Gasteiger partial charge in [-0.05, 0) is 11.6 Å². The molecule has 100 valence electrons. The van der Waals surface area contributed by atoms with Crippen molar-refractivity contribution in [1.82, 2.24) is 10.6 Å². The SMILES string of the molecule is CC(=O)NCCC(=O)NC(C=O)=Cc1ccccc1. The molecular weight excluding hydrogens is 244 g/mol. The number of carbonyl (C=O) groups excluding carboxylic acids is 3. The number of aldehydes is 1. The summed E-state index contributed by atoms with van der Waals surface area (Å²) in [6.45, 7) is 1.63. The van der Waals surface area contributed by atoms with Crippen LogP contribution in [0.15, 0.2) is 36.0 Å². The number of nitrogens with one attached hydrogen (secondary N) is 2. The van der Waals surface area contributed by atoms with Crippen molar-refractivity contribution in [3.8, 4) is 0 Å². The van der Waals surface area contributed by atoms with Crippen LogP contribution in [0.5, 0.6) is 0 Å². The van der Waals surface area contributed by atoms with E-state index >= 15 is 0 Å². The minimum absolute atomic E-state index is 0.125. The molecule has 1 rings (SSSR count). The molecule has 1 aromatic carbocycles. The summed E-state index contributed by atoms with van der Waals surface area (Å²) in [6.07, 6.45) is 2.30. The zero-order chi connectivity index (χ0) is 14.1. The van der Waals surface area contributed by atoms with Crippen molar-refractivity contribution in [3.63, 3.8) is 0 Å². The lowest BCUT2D eigenvalue weighted by Gasteiger charge is -2.05. The summed E-state index contributed by atoms with van der Waals surface area (Å²) in [7, 11) is 0. The summed E-state index contributed by atoms with van der Waals surface area (Å²) in [5.74, 6) is -0.508. The minimum atomic E-state index is -0.317. The van der Waals surface area contributed by atoms with Crippen LogP contribution in [0, 0.1) is 0 Å². The molecule has 0 heterocycles. The molecule has 0 unspecified atom stereocenters. The van der Waals surface area contributed by atoms with Gasteiger partial charge in [-0.15, -0.1) is 0 Å². The van der Waals surface area contributed by atoms with E-state index in [1.165, 1.54) is 6.92 Å². The van der Waals surface area contributed by atoms with Crippen LogP contribution in [0.3, 0.4) is 0 Å². The molecule has 5 heteroatoms. The van der Waals surface area contributed by atoms with Crippen molar-refractivity contribution in [2.45, 2.75) is 13.3 Å². The van der Waals surface area contributed by atoms with Crippen molar-refractivity contribution < 1.29 is 14.4 Å². The van der Waals surface area contributed by atoms with Gasteiger partial charge in [-0.3, -0.25) is 14.4 Å². The fourth-order valence-electron chi connectivity index (χ4n) is 1.40. The minimum Gasteiger partial charge on any atom is -0.356 e. The summed E-state index contributed by atoms with van der Waals surface area (Å²) in [5, 5.41) is 5.00. The second kappa shape index (κ2) is 7.81. The Morgan fingerprint density at radius 3 is 2.47 bits per heavy atom. The van der Waals surface area contributed by atoms with E-state index < -0.39 is 0 Å². The predicted octanol–water partition coefficient (Wildman–Crippen LogP) is 0.869. The van der Waals surface area contributed by atoms with Crippen molar-refractivity contribution in [3.05, 3.63) is 41.6 Å². The fraction of sp³-hybridized carbons (Fsp3) is 0.214. The van der Waals surface area contributed by atoms with Crippen LogP contribution in [0.4, 0.5) is 0 Å². The van der Waals surface area contributed by atoms with Gasteiger partial charge in [0.05, 0.1) is 5.70 Å². The first-order chi connectivity index (χ1) is 9.11. The Hall–Kier alpha value is -2.43. The van der Waals surface area contributed by atoms with Gasteiger partial charge in [0.2, 0.25) is 11.8 Å². The van der Waals surface area contributed by atoms with E-state index in [2.05, 4.69) is 10.6 Å². The maximum absolute atomic E-state index is 11.5. The summed E-state index contributed by atoms with van der Waals surface area (Å²) in [4.78, 5) is 33.0. The van der Waals surface area contributed by atoms with E-state index in [0.717, 1.165) is 5.56 Å². The van der Waals surface area contributed by atoms with Crippen LogP contribution < -0.4 is 10.6 Å². The molecule has 0 aliphatic heterocycles. The number of allylic oxidation sites excluding steroid dienone is 1. The third-order valence-corrected chi connectivity index (χ3v) is 2.26. The molecule has 0 saturated carbocycles. The zero-order valence-electron chi connectivity index (χ0n) is 10.7. The molecule has 19 heavy (non-hydrogen) atoms. The number of amides is 2. The molecule has 1 aromatic rings. The maximum atomic E-state index is 11.5. The van der Waals surface area contributed by atoms with Gasteiger partial charge < -0.3 is 10.6 Å². The molecule has 2 amide bonds. The number of carbonyl (C=O) groups is 3. The molecule has 0 spiro atoms. The highest BCUT2D eigenvalue weighted by Crippen LogP contribution is 2.03. The maximum Gasteiger partial charge on any atom is 0.226 e. The van der Waals surface area contributed by atoms with Crippen LogP contribution in [-0.4, -0.2) is 24.6 Å². The van der Waals surface area contributed by atoms with Gasteiger partial charge in [0.25, 0.3) is 0 Å². The lowest BCUT2D eigenvalue weighted by atomic mass is 10.2. The molecule has 0 aliphatic rings. The number of benzene rings is 1. The smallest absolute Gasteiger partial charge is 0.226 e. The van der Waals surface area contributed by atoms with Gasteiger partial charge in [-0.2, -0.15) is 0 Å². The van der Waals surface area contributed by atoms with Crippen molar-refractivity contribution >= 4 is 24.2 Å². The third-order valence-electron chi connectivity index (χ3n) is 2.26. The molecule has 0 aliphatic carbocycles. The fourth-order valence-corrected chi connectivity index (χ4v) is 1.40. The van der Waals surface area contributed by atoms with Crippen molar-refractivity contribution in [1.29, 1.82) is 0 Å². The standard InChI is InChI=1S/C14H16N2O3/c1-11(18)15-8-7-14(19)16-13(10-17)9-12-5-3-2-4-6-12/h2-6,9-10H,7-8H2,1H3,(H,15,18)(H,16,19). The molecule has 0 radical (unpaired) electrons. The average molecular weight is 260 g/mol. The summed E-state index contributed by atoms with van der Waals surface area (Å²) < 4.78 is 0. The Morgan fingerprint density at radius 1 is 1.21 bits per heavy atom. The molecular formula is C14H16N2O3. The molecule has 0 atom stereocenters. The largest absolute Gasteiger partial charge is 0.356 e. The summed E-state index contributed by atoms with van der Waals surface area (Å²) in [5.41, 5.74) is 1.02. The van der Waals surface area contributed by atoms with E-state index in [-0.39, 0.29) is 30.5 Å². The predicted molar refractivity (Wildman–Crippen MR) is 71.9 cm³/mol. The Kier molecular flexibility index (Phi) is 6.02. The van der Waals surface area contributed by atoms with Gasteiger partial charge in [-0.25, -0.2) is 0 Å². The zero-order valence-corrected chi connectivity index (χ0v) is 10.7. The average Bonchev–Trinajstić information content (AvgIpc) is 2.38. The van der Waals surface area contributed by atoms with E-state index in [9.17, 15) is 14.4 Å². The third kappa shape index (κ3) is 6.16. The van der Waals surface area contributed by atoms with Gasteiger partial charge in [0.15, 0.2) is 6.29 Å². The normalized spacial score (nSPS) is 10.7. The molecule has 5 nitrogen and oxygen atoms in total. The number of hydrogen-bond acceptors (Lipinski definition) is 3. The second-order valence-electron chi connectivity index (χ2n) is 3.91. The highest BCUT2D eigenvalue weighted by atomic mass is 16.2. The van der Waals surface area contributed by atoms with E-state index in [4.69, 9.17) is 0 Å². The summed E-state index contributed by atoms with van der Waals surface area (Å²) >= 11 is 0. The first kappa shape index (κ1) is 14.6. The molecule has 0 fully saturated rings. The quantitative estimate of drug-likeness (QED) is 0.588. The first-order valence-corrected chi connectivity index (χ1v) is 5.88. The monoisotopic (exact) mass is 260 g/mol. The van der Waals surface area contributed by atoms with E-state index in [0.29, 0.717) is 6.29 Å². The van der Waals surface area contributed by atoms with E-state index in [1.54, 1.807) is 6.08 Å². The topological polar surface area (TPSA) is 75.3 Å². The highest BCUT2D eigenvalue weighted by Gasteiger charge is 2.04. The Bertz CT molecular complexity index is 481. The molecule has 0 aromatic heterocycles. The highest BCUT2D eigenvalue weighted by molar-refractivity contribution is 5.90.